The summed E-state index contributed by atoms with van der Waals surface area (Å²) in [7, 11) is 0. The maximum Gasteiger partial charge on any atom is 0.163 e. The molecular weight excluding hydrogens is 207 g/mol. The van der Waals surface area contributed by atoms with Crippen molar-refractivity contribution in [2.24, 2.45) is 0 Å². The molecule has 0 fully saturated rings. The lowest BCUT2D eigenvalue weighted by Crippen LogP contribution is -2.05. The Hall–Kier alpha value is -1.97. The first-order chi connectivity index (χ1) is 7.50. The van der Waals surface area contributed by atoms with Crippen molar-refractivity contribution in [2.45, 2.75) is 13.8 Å². The molecule has 0 aliphatic rings. The number of fused-ring (bicyclic) bond motifs is 1. The fraction of sp³-hybridized carbons (Fsp3) is 0.167. The number of carbonyl (C=O) groups is 1. The molecule has 0 aliphatic carbocycles. The summed E-state index contributed by atoms with van der Waals surface area (Å²) >= 11 is 0. The molecule has 1 heterocycles. The number of rotatable bonds is 1. The highest BCUT2D eigenvalue weighted by atomic mass is 19.1. The number of hydrogen-bond acceptors (Lipinski definition) is 3. The van der Waals surface area contributed by atoms with Crippen LogP contribution in [0, 0.1) is 12.7 Å². The molecule has 16 heavy (non-hydrogen) atoms. The Kier molecular flexibility index (Phi) is 2.34. The van der Waals surface area contributed by atoms with Crippen LogP contribution in [0.4, 0.5) is 10.1 Å². The highest BCUT2D eigenvalue weighted by Gasteiger charge is 2.13. The number of nitrogen functional groups attached to an aromatic ring is 1. The third-order valence-electron chi connectivity index (χ3n) is 2.52. The smallest absolute Gasteiger partial charge is 0.163 e. The van der Waals surface area contributed by atoms with Gasteiger partial charge in [-0.1, -0.05) is 0 Å². The zero-order chi connectivity index (χ0) is 11.9. The van der Waals surface area contributed by atoms with E-state index in [1.54, 1.807) is 13.0 Å². The summed E-state index contributed by atoms with van der Waals surface area (Å²) in [4.78, 5) is 15.6. The minimum absolute atomic E-state index is 0.131. The molecule has 0 saturated heterocycles. The fourth-order valence-electron chi connectivity index (χ4n) is 1.84. The second-order valence-corrected chi connectivity index (χ2v) is 3.70. The Balaban J connectivity index is 2.89. The zero-order valence-corrected chi connectivity index (χ0v) is 9.04. The van der Waals surface area contributed by atoms with Gasteiger partial charge in [0, 0.05) is 11.5 Å². The van der Waals surface area contributed by atoms with Gasteiger partial charge in [-0.25, -0.2) is 4.39 Å². The predicted molar refractivity (Wildman–Crippen MR) is 60.9 cm³/mol. The maximum atomic E-state index is 13.0. The number of halogens is 1. The quantitative estimate of drug-likeness (QED) is 0.748. The summed E-state index contributed by atoms with van der Waals surface area (Å²) < 4.78 is 13.0. The first-order valence-electron chi connectivity index (χ1n) is 4.87. The molecule has 0 aliphatic heterocycles. The van der Waals surface area contributed by atoms with Gasteiger partial charge < -0.3 is 5.73 Å². The van der Waals surface area contributed by atoms with Crippen molar-refractivity contribution in [3.63, 3.8) is 0 Å². The lowest BCUT2D eigenvalue weighted by atomic mass is 10.0. The molecule has 4 heteroatoms. The third-order valence-corrected chi connectivity index (χ3v) is 2.52. The van der Waals surface area contributed by atoms with Crippen molar-refractivity contribution >= 4 is 22.4 Å². The fourth-order valence-corrected chi connectivity index (χ4v) is 1.84. The first-order valence-corrected chi connectivity index (χ1v) is 4.87. The molecule has 0 bridgehead atoms. The summed E-state index contributed by atoms with van der Waals surface area (Å²) in [6, 6.07) is 4.15. The number of anilines is 1. The number of nitrogens with zero attached hydrogens (tertiary/aromatic N) is 1. The molecule has 2 aromatic rings. The van der Waals surface area contributed by atoms with Crippen LogP contribution >= 0.6 is 0 Å². The minimum atomic E-state index is -0.366. The summed E-state index contributed by atoms with van der Waals surface area (Å²) in [6.07, 6.45) is 0. The average Bonchev–Trinajstić information content (AvgIpc) is 2.15. The number of aryl methyl sites for hydroxylation is 1. The summed E-state index contributed by atoms with van der Waals surface area (Å²) in [6.45, 7) is 3.13. The van der Waals surface area contributed by atoms with Gasteiger partial charge in [0.25, 0.3) is 0 Å². The number of benzene rings is 1. The molecule has 0 radical (unpaired) electrons. The molecule has 2 rings (SSSR count). The number of hydrogen-bond donors (Lipinski definition) is 1. The van der Waals surface area contributed by atoms with Crippen molar-refractivity contribution in [3.05, 3.63) is 35.3 Å². The van der Waals surface area contributed by atoms with E-state index in [1.807, 2.05) is 0 Å². The number of ketones is 1. The van der Waals surface area contributed by atoms with Crippen LogP contribution in [-0.2, 0) is 0 Å². The zero-order valence-electron chi connectivity index (χ0n) is 9.04. The van der Waals surface area contributed by atoms with E-state index in [0.29, 0.717) is 27.8 Å². The van der Waals surface area contributed by atoms with Crippen molar-refractivity contribution in [3.8, 4) is 0 Å². The van der Waals surface area contributed by atoms with E-state index in [1.165, 1.54) is 19.1 Å². The van der Waals surface area contributed by atoms with Crippen molar-refractivity contribution in [2.75, 3.05) is 5.73 Å². The van der Waals surface area contributed by atoms with Crippen LogP contribution in [0.25, 0.3) is 10.9 Å². The Morgan fingerprint density at radius 2 is 2.12 bits per heavy atom. The van der Waals surface area contributed by atoms with Crippen LogP contribution in [0.1, 0.15) is 23.0 Å². The van der Waals surface area contributed by atoms with E-state index in [2.05, 4.69) is 4.98 Å². The number of aromatic nitrogens is 1. The monoisotopic (exact) mass is 218 g/mol. The average molecular weight is 218 g/mol. The van der Waals surface area contributed by atoms with Crippen LogP contribution in [0.15, 0.2) is 18.2 Å². The van der Waals surface area contributed by atoms with E-state index >= 15 is 0 Å². The molecule has 0 unspecified atom stereocenters. The minimum Gasteiger partial charge on any atom is -0.398 e. The molecule has 0 spiro atoms. The van der Waals surface area contributed by atoms with Crippen molar-refractivity contribution < 1.29 is 9.18 Å². The van der Waals surface area contributed by atoms with E-state index in [9.17, 15) is 9.18 Å². The molecule has 1 aromatic carbocycles. The third kappa shape index (κ3) is 1.52. The Morgan fingerprint density at radius 1 is 1.44 bits per heavy atom. The van der Waals surface area contributed by atoms with Crippen LogP contribution in [-0.4, -0.2) is 10.8 Å². The summed E-state index contributed by atoms with van der Waals surface area (Å²) in [5.74, 6) is -0.497. The van der Waals surface area contributed by atoms with E-state index in [4.69, 9.17) is 5.73 Å². The van der Waals surface area contributed by atoms with Gasteiger partial charge in [-0.15, -0.1) is 0 Å². The van der Waals surface area contributed by atoms with Gasteiger partial charge >= 0.3 is 0 Å². The van der Waals surface area contributed by atoms with Crippen LogP contribution in [0.5, 0.6) is 0 Å². The predicted octanol–water partition coefficient (Wildman–Crippen LogP) is 2.47. The first kappa shape index (κ1) is 10.5. The summed E-state index contributed by atoms with van der Waals surface area (Å²) in [5, 5.41) is 0.609. The van der Waals surface area contributed by atoms with Crippen molar-refractivity contribution in [1.82, 2.24) is 4.98 Å². The molecule has 1 aromatic heterocycles. The van der Waals surface area contributed by atoms with Crippen molar-refractivity contribution in [1.29, 1.82) is 0 Å². The Labute approximate surface area is 92.1 Å². The number of pyridine rings is 1. The lowest BCUT2D eigenvalue weighted by Gasteiger charge is -2.09. The Morgan fingerprint density at radius 3 is 2.75 bits per heavy atom. The van der Waals surface area contributed by atoms with Gasteiger partial charge in [-0.2, -0.15) is 0 Å². The normalized spacial score (nSPS) is 10.7. The second-order valence-electron chi connectivity index (χ2n) is 3.70. The largest absolute Gasteiger partial charge is 0.398 e. The molecule has 0 saturated carbocycles. The van der Waals surface area contributed by atoms with E-state index < -0.39 is 0 Å². The van der Waals surface area contributed by atoms with Gasteiger partial charge in [-0.05, 0) is 26.0 Å². The number of nitrogens with two attached hydrogens (primary N) is 1. The molecule has 2 N–H and O–H groups in total. The van der Waals surface area contributed by atoms with E-state index in [0.717, 1.165) is 0 Å². The topological polar surface area (TPSA) is 56.0 Å². The SMILES string of the molecule is CC(=O)c1c(C)nc2cc(F)ccc2c1N. The molecule has 0 amide bonds. The van der Waals surface area contributed by atoms with Crippen LogP contribution in [0.3, 0.4) is 0 Å². The molecular formula is C12H11FN2O. The van der Waals surface area contributed by atoms with E-state index in [-0.39, 0.29) is 11.6 Å². The van der Waals surface area contributed by atoms with Gasteiger partial charge in [-0.3, -0.25) is 9.78 Å². The van der Waals surface area contributed by atoms with Gasteiger partial charge in [0.05, 0.1) is 22.5 Å². The molecule has 0 atom stereocenters. The highest BCUT2D eigenvalue weighted by Crippen LogP contribution is 2.26. The van der Waals surface area contributed by atoms with Crippen LogP contribution in [0.2, 0.25) is 0 Å². The Bertz CT molecular complexity index is 593. The molecule has 82 valence electrons. The lowest BCUT2D eigenvalue weighted by molar-refractivity contribution is 0.101. The number of Topliss-reactive ketones (excluding diaryl/α,β-unsaturated/α-hetero) is 1. The summed E-state index contributed by atoms with van der Waals surface area (Å²) in [5.41, 5.74) is 7.68. The maximum absolute atomic E-state index is 13.0. The van der Waals surface area contributed by atoms with Gasteiger partial charge in [0.1, 0.15) is 5.82 Å². The highest BCUT2D eigenvalue weighted by molar-refractivity contribution is 6.07. The van der Waals surface area contributed by atoms with Crippen LogP contribution < -0.4 is 5.73 Å². The van der Waals surface area contributed by atoms with Gasteiger partial charge in [0.2, 0.25) is 0 Å². The standard InChI is InChI=1S/C12H11FN2O/c1-6-11(7(2)16)12(14)9-4-3-8(13)5-10(9)15-6/h3-5H,1-2H3,(H2,14,15). The number of carbonyl (C=O) groups excluding carboxylic acids is 1. The second kappa shape index (κ2) is 3.56. The van der Waals surface area contributed by atoms with Gasteiger partial charge in [0.15, 0.2) is 5.78 Å². The molecule has 3 nitrogen and oxygen atoms in total.